The van der Waals surface area contributed by atoms with Gasteiger partial charge in [-0.3, -0.25) is 0 Å². The van der Waals surface area contributed by atoms with Crippen molar-refractivity contribution in [2.45, 2.75) is 12.7 Å². The van der Waals surface area contributed by atoms with Crippen LogP contribution in [0.15, 0.2) is 101 Å². The van der Waals surface area contributed by atoms with E-state index in [2.05, 4.69) is 15.2 Å². The number of aromatic nitrogens is 5. The van der Waals surface area contributed by atoms with Crippen LogP contribution in [0.4, 0.5) is 13.2 Å². The summed E-state index contributed by atoms with van der Waals surface area (Å²) in [4.78, 5) is 17.2. The van der Waals surface area contributed by atoms with Crippen molar-refractivity contribution in [2.75, 3.05) is 0 Å². The van der Waals surface area contributed by atoms with E-state index in [4.69, 9.17) is 16.0 Å². The second-order valence-electron chi connectivity index (χ2n) is 8.75. The molecule has 0 atom stereocenters. The molecule has 6 aromatic rings. The molecule has 0 fully saturated rings. The molecule has 0 N–H and O–H groups in total. The molecule has 3 aromatic heterocycles. The first-order chi connectivity index (χ1) is 18.8. The molecular formula is C28H17ClF3N5O2. The van der Waals surface area contributed by atoms with Crippen LogP contribution in [0.3, 0.4) is 0 Å². The Morgan fingerprint density at radius 1 is 0.846 bits per heavy atom. The molecule has 0 amide bonds. The van der Waals surface area contributed by atoms with Crippen LogP contribution in [0.2, 0.25) is 5.02 Å². The summed E-state index contributed by atoms with van der Waals surface area (Å²) in [6.45, 7) is -0.0262. The second kappa shape index (κ2) is 9.55. The molecule has 3 heterocycles. The molecule has 0 aliphatic rings. The van der Waals surface area contributed by atoms with Crippen molar-refractivity contribution in [2.24, 2.45) is 0 Å². The molecule has 11 heteroatoms. The summed E-state index contributed by atoms with van der Waals surface area (Å²) >= 11 is 6.13. The van der Waals surface area contributed by atoms with Crippen LogP contribution in [0, 0.1) is 0 Å². The van der Waals surface area contributed by atoms with Gasteiger partial charge in [0.2, 0.25) is 0 Å². The fourth-order valence-corrected chi connectivity index (χ4v) is 4.45. The maximum absolute atomic E-state index is 13.2. The van der Waals surface area contributed by atoms with Gasteiger partial charge in [0.05, 0.1) is 24.5 Å². The third-order valence-electron chi connectivity index (χ3n) is 6.27. The Hall–Kier alpha value is -4.70. The lowest BCUT2D eigenvalue weighted by atomic mass is 9.96. The molecule has 0 saturated heterocycles. The number of rotatable bonds is 5. The van der Waals surface area contributed by atoms with Crippen LogP contribution in [-0.4, -0.2) is 24.4 Å². The van der Waals surface area contributed by atoms with E-state index in [1.54, 1.807) is 24.5 Å². The van der Waals surface area contributed by atoms with Crippen LogP contribution in [-0.2, 0) is 12.7 Å². The van der Waals surface area contributed by atoms with Crippen molar-refractivity contribution in [1.29, 1.82) is 0 Å². The largest absolute Gasteiger partial charge is 0.444 e. The molecule has 7 nitrogen and oxygen atoms in total. The number of halogens is 4. The van der Waals surface area contributed by atoms with Gasteiger partial charge in [0.1, 0.15) is 0 Å². The SMILES string of the molecule is O=c1n(Cc2ccc(C(F)(F)F)cc2)nc2c(-c3ccc(Cl)cc3)c(-c3ccc(-c4cnco4)cc3)cnn12. The van der Waals surface area contributed by atoms with Gasteiger partial charge in [-0.15, -0.1) is 5.10 Å². The number of hydrogen-bond donors (Lipinski definition) is 0. The lowest BCUT2D eigenvalue weighted by Crippen LogP contribution is -2.23. The van der Waals surface area contributed by atoms with Gasteiger partial charge in [-0.25, -0.2) is 14.5 Å². The summed E-state index contributed by atoms with van der Waals surface area (Å²) in [5.74, 6) is 0.626. The zero-order valence-electron chi connectivity index (χ0n) is 19.9. The highest BCUT2D eigenvalue weighted by Gasteiger charge is 2.30. The van der Waals surface area contributed by atoms with Gasteiger partial charge in [-0.05, 0) is 41.0 Å². The molecule has 0 radical (unpaired) electrons. The van der Waals surface area contributed by atoms with E-state index in [-0.39, 0.29) is 6.54 Å². The van der Waals surface area contributed by atoms with E-state index in [1.165, 1.54) is 27.7 Å². The minimum absolute atomic E-state index is 0.0262. The van der Waals surface area contributed by atoms with Crippen LogP contribution in [0.25, 0.3) is 39.2 Å². The quantitative estimate of drug-likeness (QED) is 0.243. The minimum atomic E-state index is -4.45. The van der Waals surface area contributed by atoms with Crippen LogP contribution in [0.1, 0.15) is 11.1 Å². The zero-order chi connectivity index (χ0) is 27.1. The Morgan fingerprint density at radius 2 is 1.51 bits per heavy atom. The predicted octanol–water partition coefficient (Wildman–Crippen LogP) is 6.60. The third-order valence-corrected chi connectivity index (χ3v) is 6.52. The summed E-state index contributed by atoms with van der Waals surface area (Å²) < 4.78 is 46.6. The van der Waals surface area contributed by atoms with E-state index in [1.807, 2.05) is 36.4 Å². The minimum Gasteiger partial charge on any atom is -0.444 e. The molecule has 0 spiro atoms. The number of oxazole rings is 1. The van der Waals surface area contributed by atoms with E-state index in [0.29, 0.717) is 27.6 Å². The number of alkyl halides is 3. The average Bonchev–Trinajstić information content (AvgIpc) is 3.58. The Kier molecular flexibility index (Phi) is 6.03. The van der Waals surface area contributed by atoms with Gasteiger partial charge in [0.25, 0.3) is 0 Å². The van der Waals surface area contributed by atoms with Gasteiger partial charge in [0.15, 0.2) is 17.8 Å². The van der Waals surface area contributed by atoms with Crippen LogP contribution < -0.4 is 5.69 Å². The number of benzene rings is 3. The van der Waals surface area contributed by atoms with E-state index in [9.17, 15) is 18.0 Å². The molecule has 0 aliphatic heterocycles. The highest BCUT2D eigenvalue weighted by atomic mass is 35.5. The van der Waals surface area contributed by atoms with Crippen LogP contribution in [0.5, 0.6) is 0 Å². The maximum atomic E-state index is 13.2. The number of nitrogens with zero attached hydrogens (tertiary/aromatic N) is 5. The fourth-order valence-electron chi connectivity index (χ4n) is 4.33. The summed E-state index contributed by atoms with van der Waals surface area (Å²) in [6, 6.07) is 19.3. The van der Waals surface area contributed by atoms with Gasteiger partial charge < -0.3 is 4.42 Å². The van der Waals surface area contributed by atoms with Crippen LogP contribution >= 0.6 is 11.6 Å². The lowest BCUT2D eigenvalue weighted by molar-refractivity contribution is -0.137. The van der Waals surface area contributed by atoms with Gasteiger partial charge in [-0.2, -0.15) is 22.8 Å². The summed E-state index contributed by atoms with van der Waals surface area (Å²) in [6.07, 6.45) is 0.126. The predicted molar refractivity (Wildman–Crippen MR) is 139 cm³/mol. The molecule has 0 unspecified atom stereocenters. The zero-order valence-corrected chi connectivity index (χ0v) is 20.7. The number of fused-ring (bicyclic) bond motifs is 1. The first kappa shape index (κ1) is 24.6. The van der Waals surface area contributed by atoms with E-state index in [0.717, 1.165) is 34.4 Å². The summed E-state index contributed by atoms with van der Waals surface area (Å²) in [5, 5.41) is 9.46. The molecular weight excluding hydrogens is 531 g/mol. The first-order valence-corrected chi connectivity index (χ1v) is 12.1. The molecule has 6 rings (SSSR count). The Bertz CT molecular complexity index is 1830. The topological polar surface area (TPSA) is 78.2 Å². The Morgan fingerprint density at radius 3 is 2.15 bits per heavy atom. The van der Waals surface area contributed by atoms with E-state index < -0.39 is 17.4 Å². The summed E-state index contributed by atoms with van der Waals surface area (Å²) in [5.41, 5.74) is 3.30. The third kappa shape index (κ3) is 4.70. The van der Waals surface area contributed by atoms with Crippen molar-refractivity contribution in [3.8, 4) is 33.6 Å². The molecule has 0 bridgehead atoms. The van der Waals surface area contributed by atoms with Gasteiger partial charge >= 0.3 is 11.9 Å². The normalized spacial score (nSPS) is 11.8. The molecule has 3 aromatic carbocycles. The first-order valence-electron chi connectivity index (χ1n) is 11.7. The Balaban J connectivity index is 1.46. The summed E-state index contributed by atoms with van der Waals surface area (Å²) in [7, 11) is 0. The standard InChI is InChI=1S/C28H17ClF3N5O2/c29-22-11-7-20(8-12-22)25-23(18-3-5-19(6-4-18)24-14-33-16-39-24)13-34-37-26(25)35-36(27(37)38)15-17-1-9-21(10-2-17)28(30,31)32/h1-14,16H,15H2. The highest BCUT2D eigenvalue weighted by Crippen LogP contribution is 2.35. The van der Waals surface area contributed by atoms with Crippen molar-refractivity contribution >= 4 is 17.2 Å². The fraction of sp³-hybridized carbons (Fsp3) is 0.0714. The monoisotopic (exact) mass is 547 g/mol. The Labute approximate surface area is 223 Å². The highest BCUT2D eigenvalue weighted by molar-refractivity contribution is 6.30. The average molecular weight is 548 g/mol. The van der Waals surface area contributed by atoms with Crippen molar-refractivity contribution in [1.82, 2.24) is 24.4 Å². The molecule has 0 aliphatic carbocycles. The van der Waals surface area contributed by atoms with Gasteiger partial charge in [0, 0.05) is 21.7 Å². The lowest BCUT2D eigenvalue weighted by Gasteiger charge is -2.11. The van der Waals surface area contributed by atoms with Crippen molar-refractivity contribution in [3.05, 3.63) is 118 Å². The maximum Gasteiger partial charge on any atom is 0.416 e. The second-order valence-corrected chi connectivity index (χ2v) is 9.19. The van der Waals surface area contributed by atoms with E-state index >= 15 is 0 Å². The molecule has 39 heavy (non-hydrogen) atoms. The van der Waals surface area contributed by atoms with Crippen molar-refractivity contribution < 1.29 is 17.6 Å². The van der Waals surface area contributed by atoms with Gasteiger partial charge in [-0.1, -0.05) is 60.1 Å². The smallest absolute Gasteiger partial charge is 0.416 e. The van der Waals surface area contributed by atoms with Crippen molar-refractivity contribution in [3.63, 3.8) is 0 Å². The molecule has 194 valence electrons. The molecule has 0 saturated carbocycles. The number of hydrogen-bond acceptors (Lipinski definition) is 5.